The zero-order valence-electron chi connectivity index (χ0n) is 20.8. The minimum absolute atomic E-state index is 0.0615. The van der Waals surface area contributed by atoms with Gasteiger partial charge < -0.3 is 29.1 Å². The van der Waals surface area contributed by atoms with Crippen LogP contribution in [0, 0.1) is 0 Å². The molecule has 0 saturated carbocycles. The van der Waals surface area contributed by atoms with Crippen LogP contribution < -0.4 is 14.4 Å². The second-order valence-electron chi connectivity index (χ2n) is 9.95. The zero-order chi connectivity index (χ0) is 25.2. The van der Waals surface area contributed by atoms with Gasteiger partial charge in [-0.2, -0.15) is 0 Å². The van der Waals surface area contributed by atoms with Crippen LogP contribution in [0.1, 0.15) is 42.0 Å². The van der Waals surface area contributed by atoms with Crippen LogP contribution in [0.15, 0.2) is 72.8 Å². The Hall–Kier alpha value is -3.71. The van der Waals surface area contributed by atoms with Gasteiger partial charge in [-0.25, -0.2) is 4.79 Å². The second-order valence-corrected chi connectivity index (χ2v) is 9.95. The van der Waals surface area contributed by atoms with E-state index >= 15 is 0 Å². The standard InChI is InChI=1S/C30H32N2O5/c33-30(34)31-19-26(20-31)36-24-11-9-21(10-12-24)29-27-14-13-25(37-28-8-4-5-17-35-28)18-22(27)15-16-32(29)23-6-2-1-3-7-23/h1-3,6-7,9-14,18,26,28-29H,4-5,8,15-17,19-20H2,(H,33,34). The number of anilines is 1. The van der Waals surface area contributed by atoms with Crippen LogP contribution >= 0.6 is 0 Å². The van der Waals surface area contributed by atoms with Crippen LogP contribution in [0.4, 0.5) is 10.5 Å². The molecule has 2 fully saturated rings. The molecule has 3 aromatic carbocycles. The van der Waals surface area contributed by atoms with Gasteiger partial charge in [-0.3, -0.25) is 0 Å². The van der Waals surface area contributed by atoms with E-state index in [9.17, 15) is 4.79 Å². The molecular formula is C30H32N2O5. The average Bonchev–Trinajstić information content (AvgIpc) is 2.91. The van der Waals surface area contributed by atoms with E-state index in [1.54, 1.807) is 0 Å². The van der Waals surface area contributed by atoms with Gasteiger partial charge in [0, 0.05) is 18.7 Å². The fraction of sp³-hybridized carbons (Fsp3) is 0.367. The minimum atomic E-state index is -0.896. The number of ether oxygens (including phenoxy) is 3. The first-order chi connectivity index (χ1) is 18.1. The largest absolute Gasteiger partial charge is 0.487 e. The van der Waals surface area contributed by atoms with Crippen LogP contribution in [-0.2, 0) is 11.2 Å². The number of benzene rings is 3. The number of rotatable bonds is 6. The molecular weight excluding hydrogens is 468 g/mol. The van der Waals surface area contributed by atoms with Gasteiger partial charge in [-0.1, -0.05) is 36.4 Å². The minimum Gasteiger partial charge on any atom is -0.487 e. The summed E-state index contributed by atoms with van der Waals surface area (Å²) in [5.41, 5.74) is 4.95. The molecule has 3 aliphatic rings. The normalized spacial score (nSPS) is 21.6. The van der Waals surface area contributed by atoms with E-state index in [2.05, 4.69) is 59.5 Å². The van der Waals surface area contributed by atoms with Crippen LogP contribution in [0.2, 0.25) is 0 Å². The van der Waals surface area contributed by atoms with E-state index < -0.39 is 6.09 Å². The fourth-order valence-corrected chi connectivity index (χ4v) is 5.48. The van der Waals surface area contributed by atoms with E-state index in [1.165, 1.54) is 27.3 Å². The van der Waals surface area contributed by atoms with Crippen molar-refractivity contribution in [2.24, 2.45) is 0 Å². The van der Waals surface area contributed by atoms with Gasteiger partial charge in [0.1, 0.15) is 17.6 Å². The van der Waals surface area contributed by atoms with Crippen LogP contribution in [0.25, 0.3) is 0 Å². The van der Waals surface area contributed by atoms with E-state index in [0.717, 1.165) is 50.3 Å². The number of fused-ring (bicyclic) bond motifs is 1. The molecule has 3 aliphatic heterocycles. The molecule has 1 amide bonds. The van der Waals surface area contributed by atoms with Crippen molar-refractivity contribution in [3.05, 3.63) is 89.5 Å². The summed E-state index contributed by atoms with van der Waals surface area (Å²) < 4.78 is 18.0. The summed E-state index contributed by atoms with van der Waals surface area (Å²) in [6.45, 7) is 2.48. The summed E-state index contributed by atoms with van der Waals surface area (Å²) in [6.07, 6.45) is 2.97. The molecule has 37 heavy (non-hydrogen) atoms. The number of amides is 1. The van der Waals surface area contributed by atoms with Crippen molar-refractivity contribution in [1.82, 2.24) is 4.90 Å². The highest BCUT2D eigenvalue weighted by Gasteiger charge is 2.33. The lowest BCUT2D eigenvalue weighted by molar-refractivity contribution is -0.105. The van der Waals surface area contributed by atoms with Gasteiger partial charge in [0.15, 0.2) is 6.29 Å². The predicted octanol–water partition coefficient (Wildman–Crippen LogP) is 5.49. The maximum Gasteiger partial charge on any atom is 0.407 e. The van der Waals surface area contributed by atoms with Gasteiger partial charge >= 0.3 is 6.09 Å². The Kier molecular flexibility index (Phi) is 6.62. The molecule has 1 N–H and O–H groups in total. The molecule has 7 heteroatoms. The molecule has 0 spiro atoms. The highest BCUT2D eigenvalue weighted by Crippen LogP contribution is 2.40. The maximum atomic E-state index is 11.0. The third kappa shape index (κ3) is 5.09. The molecule has 3 heterocycles. The van der Waals surface area contributed by atoms with Gasteiger partial charge in [0.2, 0.25) is 0 Å². The van der Waals surface area contributed by atoms with Crippen molar-refractivity contribution in [1.29, 1.82) is 0 Å². The van der Waals surface area contributed by atoms with Crippen molar-refractivity contribution < 1.29 is 24.1 Å². The average molecular weight is 501 g/mol. The van der Waals surface area contributed by atoms with Gasteiger partial charge in [0.25, 0.3) is 0 Å². The highest BCUT2D eigenvalue weighted by molar-refractivity contribution is 5.66. The zero-order valence-corrected chi connectivity index (χ0v) is 20.8. The van der Waals surface area contributed by atoms with Gasteiger partial charge in [-0.15, -0.1) is 0 Å². The molecule has 0 aliphatic carbocycles. The van der Waals surface area contributed by atoms with Crippen LogP contribution in [0.5, 0.6) is 11.5 Å². The Morgan fingerprint density at radius 3 is 2.43 bits per heavy atom. The lowest BCUT2D eigenvalue weighted by Gasteiger charge is -2.40. The molecule has 2 unspecified atom stereocenters. The molecule has 2 saturated heterocycles. The Balaban J connectivity index is 1.25. The molecule has 0 bridgehead atoms. The molecule has 192 valence electrons. The lowest BCUT2D eigenvalue weighted by atomic mass is 9.87. The summed E-state index contributed by atoms with van der Waals surface area (Å²) in [5.74, 6) is 1.63. The molecule has 3 aromatic rings. The van der Waals surface area contributed by atoms with Gasteiger partial charge in [-0.05, 0) is 72.4 Å². The van der Waals surface area contributed by atoms with Crippen molar-refractivity contribution in [3.63, 3.8) is 0 Å². The third-order valence-electron chi connectivity index (χ3n) is 7.45. The predicted molar refractivity (Wildman–Crippen MR) is 140 cm³/mol. The first-order valence-corrected chi connectivity index (χ1v) is 13.1. The number of carbonyl (C=O) groups is 1. The first kappa shape index (κ1) is 23.7. The number of hydrogen-bond acceptors (Lipinski definition) is 5. The number of hydrogen-bond donors (Lipinski definition) is 1. The van der Waals surface area contributed by atoms with Crippen molar-refractivity contribution >= 4 is 11.8 Å². The fourth-order valence-electron chi connectivity index (χ4n) is 5.48. The molecule has 0 aromatic heterocycles. The number of carboxylic acid groups (broad SMARTS) is 1. The molecule has 2 atom stereocenters. The molecule has 6 rings (SSSR count). The molecule has 7 nitrogen and oxygen atoms in total. The van der Waals surface area contributed by atoms with Crippen molar-refractivity contribution in [2.75, 3.05) is 31.1 Å². The lowest BCUT2D eigenvalue weighted by Crippen LogP contribution is -2.55. The Morgan fingerprint density at radius 2 is 1.70 bits per heavy atom. The summed E-state index contributed by atoms with van der Waals surface area (Å²) in [7, 11) is 0. The topological polar surface area (TPSA) is 71.5 Å². The SMILES string of the molecule is O=C(O)N1CC(Oc2ccc(C3c4ccc(OC5CCCCO5)cc4CCN3c3ccccc3)cc2)C1. The Bertz CT molecular complexity index is 1220. The number of nitrogens with zero attached hydrogens (tertiary/aromatic N) is 2. The second kappa shape index (κ2) is 10.3. The summed E-state index contributed by atoms with van der Waals surface area (Å²) in [5, 5.41) is 9.05. The van der Waals surface area contributed by atoms with Crippen molar-refractivity contribution in [2.45, 2.75) is 44.1 Å². The summed E-state index contributed by atoms with van der Waals surface area (Å²) in [6, 6.07) is 25.3. The number of para-hydroxylation sites is 1. The van der Waals surface area contributed by atoms with E-state index in [-0.39, 0.29) is 18.4 Å². The smallest absolute Gasteiger partial charge is 0.407 e. The van der Waals surface area contributed by atoms with Crippen LogP contribution in [0.3, 0.4) is 0 Å². The Morgan fingerprint density at radius 1 is 0.919 bits per heavy atom. The third-order valence-corrected chi connectivity index (χ3v) is 7.45. The summed E-state index contributed by atoms with van der Waals surface area (Å²) >= 11 is 0. The quantitative estimate of drug-likeness (QED) is 0.483. The van der Waals surface area contributed by atoms with E-state index in [4.69, 9.17) is 19.3 Å². The maximum absolute atomic E-state index is 11.0. The number of likely N-dealkylation sites (tertiary alicyclic amines) is 1. The Labute approximate surface area is 217 Å². The van der Waals surface area contributed by atoms with Gasteiger partial charge in [0.05, 0.1) is 25.7 Å². The first-order valence-electron chi connectivity index (χ1n) is 13.1. The van der Waals surface area contributed by atoms with E-state index in [1.807, 2.05) is 18.2 Å². The summed E-state index contributed by atoms with van der Waals surface area (Å²) in [4.78, 5) is 14.8. The van der Waals surface area contributed by atoms with E-state index in [0.29, 0.717) is 13.1 Å². The highest BCUT2D eigenvalue weighted by atomic mass is 16.7. The van der Waals surface area contributed by atoms with Crippen molar-refractivity contribution in [3.8, 4) is 11.5 Å². The molecule has 0 radical (unpaired) electrons. The van der Waals surface area contributed by atoms with Crippen LogP contribution in [-0.4, -0.2) is 54.7 Å². The monoisotopic (exact) mass is 500 g/mol.